The Morgan fingerprint density at radius 1 is 0.857 bits per heavy atom. The fraction of sp³-hybridized carbons (Fsp3) is 0.690. The van der Waals surface area contributed by atoms with Gasteiger partial charge in [0.1, 0.15) is 18.0 Å². The molecule has 1 saturated heterocycles. The van der Waals surface area contributed by atoms with Crippen molar-refractivity contribution < 1.29 is 38.3 Å². The van der Waals surface area contributed by atoms with Crippen molar-refractivity contribution >= 4 is 41.4 Å². The van der Waals surface area contributed by atoms with E-state index in [1.807, 2.05) is 41.5 Å². The molecule has 5 N–H and O–H groups in total. The van der Waals surface area contributed by atoms with E-state index in [0.717, 1.165) is 0 Å². The Morgan fingerprint density at radius 2 is 1.48 bits per heavy atom. The number of rotatable bonds is 12. The molecule has 0 bridgehead atoms. The zero-order chi connectivity index (χ0) is 32.0. The number of carbonyl (C=O) groups is 7. The Balaban J connectivity index is 3.16. The first-order chi connectivity index (χ1) is 19.6. The summed E-state index contributed by atoms with van der Waals surface area (Å²) in [5.74, 6) is -5.77. The summed E-state index contributed by atoms with van der Waals surface area (Å²) < 4.78 is 4.60. The number of hydrogen-bond donors (Lipinski definition) is 5. The molecule has 236 valence electrons. The molecule has 1 rings (SSSR count). The molecule has 42 heavy (non-hydrogen) atoms. The van der Waals surface area contributed by atoms with Crippen LogP contribution in [0.25, 0.3) is 0 Å². The van der Waals surface area contributed by atoms with Gasteiger partial charge in [-0.3, -0.25) is 34.1 Å². The lowest BCUT2D eigenvalue weighted by Crippen LogP contribution is -2.55. The maximum Gasteiger partial charge on any atom is 0.330 e. The fourth-order valence-corrected chi connectivity index (χ4v) is 4.39. The van der Waals surface area contributed by atoms with E-state index >= 15 is 0 Å². The van der Waals surface area contributed by atoms with Crippen LogP contribution in [0.3, 0.4) is 0 Å². The predicted octanol–water partition coefficient (Wildman–Crippen LogP) is 0.477. The minimum absolute atomic E-state index is 0.0234. The highest BCUT2D eigenvalue weighted by Gasteiger charge is 2.34. The van der Waals surface area contributed by atoms with Crippen LogP contribution in [-0.2, 0) is 38.3 Å². The van der Waals surface area contributed by atoms with Gasteiger partial charge in [-0.1, -0.05) is 47.6 Å². The van der Waals surface area contributed by atoms with Gasteiger partial charge in [0.2, 0.25) is 35.4 Å². The summed E-state index contributed by atoms with van der Waals surface area (Å²) in [7, 11) is 1.25. The third-order valence-electron chi connectivity index (χ3n) is 6.40. The third kappa shape index (κ3) is 13.7. The number of methoxy groups -OCH3 is 1. The van der Waals surface area contributed by atoms with Gasteiger partial charge in [-0.15, -0.1) is 0 Å². The van der Waals surface area contributed by atoms with Gasteiger partial charge < -0.3 is 26.0 Å². The summed E-state index contributed by atoms with van der Waals surface area (Å²) in [6.45, 7) is 10.7. The Labute approximate surface area is 247 Å². The van der Waals surface area contributed by atoms with Crippen molar-refractivity contribution in [2.75, 3.05) is 13.7 Å². The number of ether oxygens (including phenoxy) is 1. The van der Waals surface area contributed by atoms with Gasteiger partial charge in [-0.05, 0) is 43.4 Å². The largest absolute Gasteiger partial charge is 0.466 e. The van der Waals surface area contributed by atoms with Crippen LogP contribution in [0, 0.1) is 23.7 Å². The zero-order valence-corrected chi connectivity index (χ0v) is 25.7. The molecule has 1 aliphatic heterocycles. The average Bonchev–Trinajstić information content (AvgIpc) is 2.89. The molecule has 13 heteroatoms. The van der Waals surface area contributed by atoms with Crippen molar-refractivity contribution in [3.63, 3.8) is 0 Å². The number of nitrogens with one attached hydrogen (secondary N) is 5. The lowest BCUT2D eigenvalue weighted by atomic mass is 9.94. The highest BCUT2D eigenvalue weighted by molar-refractivity contribution is 6.08. The Hall–Kier alpha value is -3.77. The van der Waals surface area contributed by atoms with E-state index in [1.54, 1.807) is 0 Å². The molecule has 6 amide bonds. The summed E-state index contributed by atoms with van der Waals surface area (Å²) in [6, 6.07) is -2.73. The summed E-state index contributed by atoms with van der Waals surface area (Å²) in [5, 5.41) is 12.6. The molecular weight excluding hydrogens is 546 g/mol. The monoisotopic (exact) mass is 593 g/mol. The van der Waals surface area contributed by atoms with Gasteiger partial charge in [0.25, 0.3) is 0 Å². The molecule has 4 atom stereocenters. The second-order valence-corrected chi connectivity index (χ2v) is 11.8. The van der Waals surface area contributed by atoms with Gasteiger partial charge in [-0.2, -0.15) is 0 Å². The smallest absolute Gasteiger partial charge is 0.330 e. The van der Waals surface area contributed by atoms with Gasteiger partial charge in [0, 0.05) is 18.5 Å². The van der Waals surface area contributed by atoms with Crippen molar-refractivity contribution in [3.8, 4) is 0 Å². The van der Waals surface area contributed by atoms with Gasteiger partial charge in [-0.25, -0.2) is 4.79 Å². The number of carbonyl (C=O) groups excluding carboxylic acids is 7. The quantitative estimate of drug-likeness (QED) is 0.0934. The van der Waals surface area contributed by atoms with Crippen LogP contribution in [0.1, 0.15) is 73.6 Å². The van der Waals surface area contributed by atoms with Crippen molar-refractivity contribution in [1.29, 1.82) is 0 Å². The number of esters is 1. The molecule has 0 aromatic heterocycles. The van der Waals surface area contributed by atoms with E-state index in [2.05, 4.69) is 31.3 Å². The summed E-state index contributed by atoms with van der Waals surface area (Å²) in [6.07, 6.45) is 3.40. The first kappa shape index (κ1) is 36.3. The van der Waals surface area contributed by atoms with Crippen molar-refractivity contribution in [2.45, 2.75) is 91.8 Å². The van der Waals surface area contributed by atoms with E-state index in [-0.39, 0.29) is 43.4 Å². The normalized spacial score (nSPS) is 21.6. The highest BCUT2D eigenvalue weighted by atomic mass is 16.5. The second-order valence-electron chi connectivity index (χ2n) is 11.8. The van der Waals surface area contributed by atoms with Crippen molar-refractivity contribution in [3.05, 3.63) is 12.2 Å². The number of hydrogen-bond acceptors (Lipinski definition) is 8. The van der Waals surface area contributed by atoms with Gasteiger partial charge >= 0.3 is 5.97 Å². The molecule has 0 saturated carbocycles. The summed E-state index contributed by atoms with van der Waals surface area (Å²) in [4.78, 5) is 88.9. The maximum absolute atomic E-state index is 13.3. The minimum Gasteiger partial charge on any atom is -0.466 e. The number of imide groups is 1. The van der Waals surface area contributed by atoms with Gasteiger partial charge in [0.05, 0.1) is 13.7 Å². The lowest BCUT2D eigenvalue weighted by molar-refractivity contribution is -0.140. The van der Waals surface area contributed by atoms with E-state index in [1.165, 1.54) is 19.3 Å². The summed E-state index contributed by atoms with van der Waals surface area (Å²) in [5.41, 5.74) is 0. The van der Waals surface area contributed by atoms with Crippen molar-refractivity contribution in [1.82, 2.24) is 26.6 Å². The van der Waals surface area contributed by atoms with E-state index in [0.29, 0.717) is 6.42 Å². The summed E-state index contributed by atoms with van der Waals surface area (Å²) >= 11 is 0. The minimum atomic E-state index is -1.21. The SMILES string of the molecule is COC(=O)/C=C/[C@H](CC(C)C)NC(=O)CC[C@@H]1NC(=O)[C@H](CC(C)C)NC(=O)[C@H](CC(C)C)C(=O)NC(=O)CNC1=O. The molecule has 0 spiro atoms. The molecule has 0 aromatic carbocycles. The topological polar surface area (TPSA) is 189 Å². The molecule has 1 heterocycles. The highest BCUT2D eigenvalue weighted by Crippen LogP contribution is 2.15. The first-order valence-corrected chi connectivity index (χ1v) is 14.4. The van der Waals surface area contributed by atoms with Crippen LogP contribution in [0.2, 0.25) is 0 Å². The predicted molar refractivity (Wildman–Crippen MR) is 154 cm³/mol. The third-order valence-corrected chi connectivity index (χ3v) is 6.40. The van der Waals surface area contributed by atoms with Crippen LogP contribution >= 0.6 is 0 Å². The molecule has 0 unspecified atom stereocenters. The van der Waals surface area contributed by atoms with Crippen LogP contribution in [0.15, 0.2) is 12.2 Å². The van der Waals surface area contributed by atoms with E-state index in [4.69, 9.17) is 0 Å². The van der Waals surface area contributed by atoms with E-state index < -0.39 is 72.0 Å². The lowest BCUT2D eigenvalue weighted by Gasteiger charge is -2.25. The molecule has 13 nitrogen and oxygen atoms in total. The molecule has 0 radical (unpaired) electrons. The van der Waals surface area contributed by atoms with Crippen LogP contribution in [-0.4, -0.2) is 73.2 Å². The molecule has 1 aliphatic rings. The van der Waals surface area contributed by atoms with Crippen LogP contribution in [0.5, 0.6) is 0 Å². The second kappa shape index (κ2) is 17.9. The first-order valence-electron chi connectivity index (χ1n) is 14.4. The zero-order valence-electron chi connectivity index (χ0n) is 25.7. The molecule has 1 fully saturated rings. The van der Waals surface area contributed by atoms with E-state index in [9.17, 15) is 33.6 Å². The Morgan fingerprint density at radius 3 is 2.05 bits per heavy atom. The Bertz CT molecular complexity index is 1020. The standard InChI is InChI=1S/C29H47N5O8/c1-16(2)12-19(8-11-25(37)42-7)31-23(35)10-9-21-28(40)30-15-24(36)34-27(39)20(13-17(3)4)26(38)33-22(14-18(5)6)29(41)32-21/h8,11,16-22H,9-10,12-15H2,1-7H3,(H,30,40)(H,31,35)(H,32,41)(H,33,38)(H,34,36,39)/b11-8+/t19-,20+,21+,22+/m1/s1. The average molecular weight is 594 g/mol. The van der Waals surface area contributed by atoms with Crippen LogP contribution < -0.4 is 26.6 Å². The Kier molecular flexibility index (Phi) is 15.5. The fourth-order valence-electron chi connectivity index (χ4n) is 4.39. The maximum atomic E-state index is 13.3. The number of amides is 6. The molecule has 0 aromatic rings. The molecular formula is C29H47N5O8. The van der Waals surface area contributed by atoms with Crippen molar-refractivity contribution in [2.24, 2.45) is 23.7 Å². The van der Waals surface area contributed by atoms with Gasteiger partial charge in [0.15, 0.2) is 0 Å². The molecule has 0 aliphatic carbocycles. The van der Waals surface area contributed by atoms with Crippen LogP contribution in [0.4, 0.5) is 0 Å².